The third-order valence-corrected chi connectivity index (χ3v) is 4.00. The van der Waals surface area contributed by atoms with Crippen LogP contribution in [-0.4, -0.2) is 36.2 Å². The Labute approximate surface area is 111 Å². The van der Waals surface area contributed by atoms with Crippen LogP contribution in [0.4, 0.5) is 0 Å². The lowest BCUT2D eigenvalue weighted by molar-refractivity contribution is 0.167. The molecule has 0 saturated carbocycles. The summed E-state index contributed by atoms with van der Waals surface area (Å²) in [5.74, 6) is 0.387. The standard InChI is InChI=1S/C13H19BrN2O/c1-2-12(16-8-6-15-7-9-16)10-4-3-5-11(14)13(10)17/h3-5,12,15,17H,2,6-9H2,1H3/t12-/m1/s1. The number of phenolic OH excluding ortho intramolecular Hbond substituents is 1. The van der Waals surface area contributed by atoms with Crippen LogP contribution in [0.15, 0.2) is 22.7 Å². The zero-order chi connectivity index (χ0) is 12.3. The minimum Gasteiger partial charge on any atom is -0.506 e. The first-order valence-electron chi connectivity index (χ1n) is 6.16. The van der Waals surface area contributed by atoms with Crippen LogP contribution < -0.4 is 5.32 Å². The molecule has 1 fully saturated rings. The van der Waals surface area contributed by atoms with Gasteiger partial charge < -0.3 is 10.4 Å². The lowest BCUT2D eigenvalue weighted by Gasteiger charge is -2.35. The van der Waals surface area contributed by atoms with Crippen molar-refractivity contribution in [3.8, 4) is 5.75 Å². The van der Waals surface area contributed by atoms with Gasteiger partial charge in [-0.05, 0) is 28.4 Å². The number of hydrogen-bond donors (Lipinski definition) is 2. The summed E-state index contributed by atoms with van der Waals surface area (Å²) in [5.41, 5.74) is 1.03. The second-order valence-corrected chi connectivity index (χ2v) is 5.24. The Morgan fingerprint density at radius 1 is 1.41 bits per heavy atom. The zero-order valence-electron chi connectivity index (χ0n) is 10.1. The van der Waals surface area contributed by atoms with Crippen molar-refractivity contribution in [1.82, 2.24) is 10.2 Å². The molecule has 94 valence electrons. The van der Waals surface area contributed by atoms with Crippen molar-refractivity contribution in [3.63, 3.8) is 0 Å². The van der Waals surface area contributed by atoms with Crippen molar-refractivity contribution in [2.45, 2.75) is 19.4 Å². The summed E-state index contributed by atoms with van der Waals surface area (Å²) in [6.45, 7) is 6.33. The number of piperazine rings is 1. The van der Waals surface area contributed by atoms with Gasteiger partial charge in [-0.3, -0.25) is 4.90 Å². The number of hydrogen-bond acceptors (Lipinski definition) is 3. The second-order valence-electron chi connectivity index (χ2n) is 4.39. The predicted molar refractivity (Wildman–Crippen MR) is 73.3 cm³/mol. The van der Waals surface area contributed by atoms with Gasteiger partial charge in [-0.1, -0.05) is 19.1 Å². The van der Waals surface area contributed by atoms with Gasteiger partial charge in [-0.25, -0.2) is 0 Å². The Bertz CT molecular complexity index is 378. The second kappa shape index (κ2) is 5.85. The largest absolute Gasteiger partial charge is 0.506 e. The number of benzene rings is 1. The molecule has 1 aliphatic rings. The summed E-state index contributed by atoms with van der Waals surface area (Å²) >= 11 is 3.39. The molecule has 0 bridgehead atoms. The number of nitrogens with zero attached hydrogens (tertiary/aromatic N) is 1. The van der Waals surface area contributed by atoms with Crippen LogP contribution in [0.1, 0.15) is 24.9 Å². The maximum atomic E-state index is 10.1. The van der Waals surface area contributed by atoms with Gasteiger partial charge >= 0.3 is 0 Å². The number of phenols is 1. The Kier molecular flexibility index (Phi) is 4.42. The van der Waals surface area contributed by atoms with Crippen LogP contribution in [0.2, 0.25) is 0 Å². The SMILES string of the molecule is CC[C@H](c1cccc(Br)c1O)N1CCNCC1. The topological polar surface area (TPSA) is 35.5 Å². The van der Waals surface area contributed by atoms with E-state index in [9.17, 15) is 5.11 Å². The van der Waals surface area contributed by atoms with E-state index in [2.05, 4.69) is 33.1 Å². The van der Waals surface area contributed by atoms with Crippen molar-refractivity contribution < 1.29 is 5.11 Å². The van der Waals surface area contributed by atoms with Gasteiger partial charge in [0.1, 0.15) is 5.75 Å². The summed E-state index contributed by atoms with van der Waals surface area (Å²) < 4.78 is 0.781. The third kappa shape index (κ3) is 2.81. The van der Waals surface area contributed by atoms with Crippen LogP contribution >= 0.6 is 15.9 Å². The van der Waals surface area contributed by atoms with E-state index in [1.807, 2.05) is 18.2 Å². The lowest BCUT2D eigenvalue weighted by Crippen LogP contribution is -2.45. The molecule has 0 spiro atoms. The molecule has 0 aromatic heterocycles. The Morgan fingerprint density at radius 2 is 2.12 bits per heavy atom. The van der Waals surface area contributed by atoms with E-state index in [4.69, 9.17) is 0 Å². The van der Waals surface area contributed by atoms with Crippen LogP contribution in [-0.2, 0) is 0 Å². The molecule has 1 atom stereocenters. The first kappa shape index (κ1) is 12.9. The van der Waals surface area contributed by atoms with E-state index >= 15 is 0 Å². The summed E-state index contributed by atoms with van der Waals surface area (Å²) in [6, 6.07) is 6.21. The van der Waals surface area contributed by atoms with E-state index in [0.717, 1.165) is 42.6 Å². The lowest BCUT2D eigenvalue weighted by atomic mass is 10.0. The maximum absolute atomic E-state index is 10.1. The molecule has 2 N–H and O–H groups in total. The molecule has 0 unspecified atom stereocenters. The highest BCUT2D eigenvalue weighted by molar-refractivity contribution is 9.10. The Morgan fingerprint density at radius 3 is 2.76 bits per heavy atom. The highest BCUT2D eigenvalue weighted by atomic mass is 79.9. The smallest absolute Gasteiger partial charge is 0.134 e. The maximum Gasteiger partial charge on any atom is 0.134 e. The van der Waals surface area contributed by atoms with Crippen LogP contribution in [0.3, 0.4) is 0 Å². The van der Waals surface area contributed by atoms with Crippen molar-refractivity contribution in [1.29, 1.82) is 0 Å². The fraction of sp³-hybridized carbons (Fsp3) is 0.538. The molecule has 2 rings (SSSR count). The molecule has 1 aliphatic heterocycles. The van der Waals surface area contributed by atoms with E-state index in [1.54, 1.807) is 0 Å². The Balaban J connectivity index is 2.24. The zero-order valence-corrected chi connectivity index (χ0v) is 11.7. The summed E-state index contributed by atoms with van der Waals surface area (Å²) in [7, 11) is 0. The predicted octanol–water partition coefficient (Wildman–Crippen LogP) is 2.51. The molecular formula is C13H19BrN2O. The highest BCUT2D eigenvalue weighted by Gasteiger charge is 2.23. The number of aromatic hydroxyl groups is 1. The van der Waals surface area contributed by atoms with Gasteiger partial charge in [0, 0.05) is 37.8 Å². The monoisotopic (exact) mass is 298 g/mol. The summed E-state index contributed by atoms with van der Waals surface area (Å²) in [4.78, 5) is 2.44. The molecule has 1 saturated heterocycles. The molecule has 4 heteroatoms. The molecule has 0 aliphatic carbocycles. The molecule has 1 aromatic carbocycles. The molecule has 3 nitrogen and oxygen atoms in total. The van der Waals surface area contributed by atoms with Crippen LogP contribution in [0.5, 0.6) is 5.75 Å². The van der Waals surface area contributed by atoms with E-state index in [0.29, 0.717) is 11.8 Å². The van der Waals surface area contributed by atoms with Gasteiger partial charge in [0.2, 0.25) is 0 Å². The third-order valence-electron chi connectivity index (χ3n) is 3.36. The quantitative estimate of drug-likeness (QED) is 0.900. The number of halogens is 1. The van der Waals surface area contributed by atoms with Gasteiger partial charge in [0.05, 0.1) is 4.47 Å². The van der Waals surface area contributed by atoms with Crippen molar-refractivity contribution in [2.75, 3.05) is 26.2 Å². The average Bonchev–Trinajstić information content (AvgIpc) is 2.37. The molecular weight excluding hydrogens is 280 g/mol. The molecule has 17 heavy (non-hydrogen) atoms. The molecule has 1 aromatic rings. The Hall–Kier alpha value is -0.580. The van der Waals surface area contributed by atoms with Gasteiger partial charge in [0.15, 0.2) is 0 Å². The molecule has 0 amide bonds. The normalized spacial score (nSPS) is 19.2. The number of rotatable bonds is 3. The van der Waals surface area contributed by atoms with Crippen molar-refractivity contribution in [3.05, 3.63) is 28.2 Å². The number of para-hydroxylation sites is 1. The van der Waals surface area contributed by atoms with Gasteiger partial charge in [-0.2, -0.15) is 0 Å². The minimum atomic E-state index is 0.314. The van der Waals surface area contributed by atoms with E-state index in [1.165, 1.54) is 0 Å². The summed E-state index contributed by atoms with van der Waals surface area (Å²) in [6.07, 6.45) is 1.02. The minimum absolute atomic E-state index is 0.314. The van der Waals surface area contributed by atoms with Crippen molar-refractivity contribution >= 4 is 15.9 Å². The fourth-order valence-corrected chi connectivity index (χ4v) is 2.85. The average molecular weight is 299 g/mol. The first-order valence-corrected chi connectivity index (χ1v) is 6.95. The highest BCUT2D eigenvalue weighted by Crippen LogP contribution is 2.35. The van der Waals surface area contributed by atoms with E-state index < -0.39 is 0 Å². The fourth-order valence-electron chi connectivity index (χ4n) is 2.47. The van der Waals surface area contributed by atoms with Gasteiger partial charge in [0.25, 0.3) is 0 Å². The van der Waals surface area contributed by atoms with E-state index in [-0.39, 0.29) is 0 Å². The van der Waals surface area contributed by atoms with Crippen LogP contribution in [0, 0.1) is 0 Å². The van der Waals surface area contributed by atoms with Crippen LogP contribution in [0.25, 0.3) is 0 Å². The van der Waals surface area contributed by atoms with Crippen molar-refractivity contribution in [2.24, 2.45) is 0 Å². The number of nitrogens with one attached hydrogen (secondary N) is 1. The summed E-state index contributed by atoms with van der Waals surface area (Å²) in [5, 5.41) is 13.5. The molecule has 0 radical (unpaired) electrons. The van der Waals surface area contributed by atoms with Gasteiger partial charge in [-0.15, -0.1) is 0 Å². The first-order chi connectivity index (χ1) is 8.24. The molecule has 1 heterocycles.